The Bertz CT molecular complexity index is 253. The van der Waals surface area contributed by atoms with Gasteiger partial charge in [-0.1, -0.05) is 6.07 Å². The van der Waals surface area contributed by atoms with Crippen molar-refractivity contribution in [2.45, 2.75) is 0 Å². The molecule has 0 radical (unpaired) electrons. The molecule has 0 fully saturated rings. The highest BCUT2D eigenvalue weighted by atomic mass is 19.6. The van der Waals surface area contributed by atoms with Crippen molar-refractivity contribution in [1.29, 1.82) is 0 Å². The Labute approximate surface area is 77.2 Å². The van der Waals surface area contributed by atoms with Crippen molar-refractivity contribution in [3.05, 3.63) is 24.4 Å². The monoisotopic (exact) mass is 211 g/mol. The second-order valence-electron chi connectivity index (χ2n) is 1.98. The summed E-state index contributed by atoms with van der Waals surface area (Å²) in [6.07, 6.45) is 1.10. The molecular formula is C5H7BF3N2O3+. The molecule has 3 N–H and O–H groups in total. The summed E-state index contributed by atoms with van der Waals surface area (Å²) < 4.78 is 35.0. The minimum atomic E-state index is -3.72. The maximum Gasteiger partial charge on any atom is 0.631 e. The van der Waals surface area contributed by atoms with E-state index in [4.69, 9.17) is 15.1 Å². The second-order valence-corrected chi connectivity index (χ2v) is 1.98. The van der Waals surface area contributed by atoms with Gasteiger partial charge in [0.1, 0.15) is 0 Å². The van der Waals surface area contributed by atoms with Crippen molar-refractivity contribution in [3.63, 3.8) is 0 Å². The van der Waals surface area contributed by atoms with E-state index in [9.17, 15) is 13.4 Å². The summed E-state index contributed by atoms with van der Waals surface area (Å²) in [5.41, 5.74) is 0. The fourth-order valence-corrected chi connectivity index (χ4v) is 0.504. The van der Waals surface area contributed by atoms with Crippen LogP contribution in [0.4, 0.5) is 19.3 Å². The van der Waals surface area contributed by atoms with Gasteiger partial charge >= 0.3 is 13.1 Å². The Balaban J connectivity index is 0.000000364. The molecule has 5 nitrogen and oxygen atoms in total. The number of quaternary nitrogens is 1. The summed E-state index contributed by atoms with van der Waals surface area (Å²) in [5, 5.41) is 17.8. The van der Waals surface area contributed by atoms with Crippen LogP contribution in [0, 0.1) is 0 Å². The normalized spacial score (nSPS) is 10.1. The van der Waals surface area contributed by atoms with Crippen LogP contribution in [0.25, 0.3) is 0 Å². The van der Waals surface area contributed by atoms with Gasteiger partial charge in [-0.15, -0.1) is 0 Å². The van der Waals surface area contributed by atoms with Crippen LogP contribution in [0.2, 0.25) is 0 Å². The maximum atomic E-state index is 11.7. The van der Waals surface area contributed by atoms with Crippen LogP contribution in [0.1, 0.15) is 0 Å². The van der Waals surface area contributed by atoms with Crippen molar-refractivity contribution < 1.29 is 28.5 Å². The highest BCUT2D eigenvalue weighted by Crippen LogP contribution is 2.21. The predicted octanol–water partition coefficient (Wildman–Crippen LogP) is -0.00940. The zero-order valence-corrected chi connectivity index (χ0v) is 6.76. The van der Waals surface area contributed by atoms with Crippen LogP contribution < -0.4 is 5.15 Å². The number of pyridine rings is 1. The van der Waals surface area contributed by atoms with E-state index in [1.165, 1.54) is 12.1 Å². The fourth-order valence-electron chi connectivity index (χ4n) is 0.504. The van der Waals surface area contributed by atoms with Crippen molar-refractivity contribution in [1.82, 2.24) is 10.1 Å². The van der Waals surface area contributed by atoms with Crippen molar-refractivity contribution in [3.8, 4) is 0 Å². The van der Waals surface area contributed by atoms with Crippen LogP contribution >= 0.6 is 0 Å². The van der Waals surface area contributed by atoms with Gasteiger partial charge in [0.05, 0.1) is 13.4 Å². The lowest BCUT2D eigenvalue weighted by atomic mass is 10.3. The molecule has 0 saturated heterocycles. The number of nitrogens with zero attached hydrogens (tertiary/aromatic N) is 2. The van der Waals surface area contributed by atoms with E-state index in [0.29, 0.717) is 0 Å². The Hall–Kier alpha value is -1.16. The minimum Gasteiger partial charge on any atom is -0.402 e. The molecule has 0 aliphatic carbocycles. The van der Waals surface area contributed by atoms with Crippen molar-refractivity contribution in [2.75, 3.05) is 0 Å². The van der Waals surface area contributed by atoms with E-state index >= 15 is 0 Å². The molecule has 0 atom stereocenters. The van der Waals surface area contributed by atoms with Gasteiger partial charge in [0.15, 0.2) is 0 Å². The molecule has 14 heavy (non-hydrogen) atoms. The average Bonchev–Trinajstić information content (AvgIpc) is 2.03. The van der Waals surface area contributed by atoms with Gasteiger partial charge in [-0.3, -0.25) is 0 Å². The van der Waals surface area contributed by atoms with E-state index < -0.39 is 18.3 Å². The molecule has 9 heteroatoms. The Morgan fingerprint density at radius 1 is 1.14 bits per heavy atom. The molecule has 1 rings (SSSR count). The third-order valence-electron chi connectivity index (χ3n) is 0.909. The van der Waals surface area contributed by atoms with E-state index in [1.54, 1.807) is 0 Å². The number of hydrogen-bond acceptors (Lipinski definition) is 4. The lowest BCUT2D eigenvalue weighted by molar-refractivity contribution is -0.281. The Morgan fingerprint density at radius 3 is 1.86 bits per heavy atom. The van der Waals surface area contributed by atoms with E-state index in [-0.39, 0.29) is 0 Å². The highest BCUT2D eigenvalue weighted by Gasteiger charge is 2.36. The zero-order chi connectivity index (χ0) is 11.2. The lowest BCUT2D eigenvalue weighted by Crippen LogP contribution is -2.18. The molecule has 0 spiro atoms. The Morgan fingerprint density at radius 2 is 1.64 bits per heavy atom. The van der Waals surface area contributed by atoms with Gasteiger partial charge in [0.25, 0.3) is 5.15 Å². The Kier molecular flexibility index (Phi) is 5.09. The smallest absolute Gasteiger partial charge is 0.402 e. The van der Waals surface area contributed by atoms with Gasteiger partial charge in [-0.05, 0) is 6.07 Å². The SMILES string of the molecule is F[N+](F)(F)c1ccccn1.OB(O)O. The number of rotatable bonds is 1. The quantitative estimate of drug-likeness (QED) is 0.451. The molecular weight excluding hydrogens is 204 g/mol. The van der Waals surface area contributed by atoms with Crippen LogP contribution in [0.3, 0.4) is 0 Å². The average molecular weight is 211 g/mol. The van der Waals surface area contributed by atoms with Crippen LogP contribution in [-0.4, -0.2) is 27.4 Å². The first-order chi connectivity index (χ1) is 6.34. The molecule has 0 aliphatic heterocycles. The summed E-state index contributed by atoms with van der Waals surface area (Å²) in [5.74, 6) is -0.914. The van der Waals surface area contributed by atoms with Crippen molar-refractivity contribution >= 4 is 13.1 Å². The third-order valence-corrected chi connectivity index (χ3v) is 0.909. The largest absolute Gasteiger partial charge is 0.631 e. The van der Waals surface area contributed by atoms with Gasteiger partial charge in [-0.2, -0.15) is 4.98 Å². The van der Waals surface area contributed by atoms with Crippen LogP contribution in [0.5, 0.6) is 0 Å². The first-order valence-electron chi connectivity index (χ1n) is 3.28. The predicted molar refractivity (Wildman–Crippen MR) is 41.8 cm³/mol. The summed E-state index contributed by atoms with van der Waals surface area (Å²) in [7, 11) is -2.17. The second kappa shape index (κ2) is 5.55. The lowest BCUT2D eigenvalue weighted by Gasteiger charge is -1.95. The summed E-state index contributed by atoms with van der Waals surface area (Å²) in [4.78, 5) is 3.10. The standard InChI is InChI=1S/C5H4F3N2.BH3O3/c6-10(7,8)5-3-1-2-4-9-5;2-1(3)4/h1-4H;2-4H/q+1;. The summed E-state index contributed by atoms with van der Waals surface area (Å²) >= 11 is 0. The molecule has 1 aromatic rings. The molecule has 1 heterocycles. The van der Waals surface area contributed by atoms with Gasteiger partial charge in [-0.25, -0.2) is 0 Å². The number of aromatic nitrogens is 1. The molecule has 78 valence electrons. The molecule has 0 bridgehead atoms. The van der Waals surface area contributed by atoms with Gasteiger partial charge < -0.3 is 15.1 Å². The molecule has 0 unspecified atom stereocenters. The number of halogens is 3. The molecule has 0 saturated carbocycles. The molecule has 0 aromatic carbocycles. The number of hydrogen-bond donors (Lipinski definition) is 3. The van der Waals surface area contributed by atoms with Gasteiger partial charge in [0, 0.05) is 12.3 Å². The first-order valence-corrected chi connectivity index (χ1v) is 3.28. The molecule has 0 amide bonds. The molecule has 1 aromatic heterocycles. The minimum absolute atomic E-state index is 0.903. The highest BCUT2D eigenvalue weighted by molar-refractivity contribution is 6.30. The third kappa shape index (κ3) is 6.37. The van der Waals surface area contributed by atoms with E-state index in [2.05, 4.69) is 4.98 Å². The van der Waals surface area contributed by atoms with E-state index in [1.807, 2.05) is 0 Å². The molecule has 0 aliphatic rings. The summed E-state index contributed by atoms with van der Waals surface area (Å²) in [6, 6.07) is 3.62. The van der Waals surface area contributed by atoms with Gasteiger partial charge in [0.2, 0.25) is 0 Å². The first kappa shape index (κ1) is 12.8. The van der Waals surface area contributed by atoms with Crippen molar-refractivity contribution in [2.24, 2.45) is 0 Å². The van der Waals surface area contributed by atoms with Crippen LogP contribution in [0.15, 0.2) is 24.4 Å². The maximum absolute atomic E-state index is 11.7. The fraction of sp³-hybridized carbons (Fsp3) is 0. The van der Waals surface area contributed by atoms with E-state index in [0.717, 1.165) is 12.3 Å². The summed E-state index contributed by atoms with van der Waals surface area (Å²) in [6.45, 7) is 0. The zero-order valence-electron chi connectivity index (χ0n) is 6.76. The van der Waals surface area contributed by atoms with Crippen LogP contribution in [-0.2, 0) is 0 Å². The topological polar surface area (TPSA) is 73.6 Å².